The fourth-order valence-electron chi connectivity index (χ4n) is 2.42. The second-order valence-electron chi connectivity index (χ2n) is 4.98. The van der Waals surface area contributed by atoms with Crippen LogP contribution in [0.3, 0.4) is 0 Å². The minimum absolute atomic E-state index is 0.260. The van der Waals surface area contributed by atoms with E-state index in [0.717, 1.165) is 5.56 Å². The van der Waals surface area contributed by atoms with Crippen LogP contribution in [0.1, 0.15) is 33.3 Å². The first-order valence-corrected chi connectivity index (χ1v) is 6.96. The molecule has 1 N–H and O–H groups in total. The summed E-state index contributed by atoms with van der Waals surface area (Å²) in [5.74, 6) is -0.659. The van der Waals surface area contributed by atoms with Gasteiger partial charge in [0.2, 0.25) is 0 Å². The lowest BCUT2D eigenvalue weighted by Crippen LogP contribution is -2.08. The molecule has 4 nitrogen and oxygen atoms in total. The summed E-state index contributed by atoms with van der Waals surface area (Å²) in [6, 6.07) is 10.4. The van der Waals surface area contributed by atoms with Crippen LogP contribution in [0.15, 0.2) is 42.5 Å². The average molecular weight is 302 g/mol. The van der Waals surface area contributed by atoms with Crippen molar-refractivity contribution in [3.8, 4) is 0 Å². The van der Waals surface area contributed by atoms with Crippen LogP contribution in [-0.2, 0) is 16.1 Å². The van der Waals surface area contributed by atoms with Crippen molar-refractivity contribution in [1.82, 2.24) is 0 Å². The highest BCUT2D eigenvalue weighted by molar-refractivity contribution is 6.09. The van der Waals surface area contributed by atoms with E-state index in [0.29, 0.717) is 29.9 Å². The minimum atomic E-state index is -0.458. The molecule has 0 aromatic heterocycles. The molecule has 3 rings (SSSR count). The lowest BCUT2D eigenvalue weighted by atomic mass is 9.96. The molecule has 1 fully saturated rings. The standard InChI is InChI=1S/C17H15FO4/c18-14-4-1-11(2-5-14)16(20)15-6-3-12(9-13(15)10-19)17-21-7-8-22-17/h1-6,9,17,19H,7-8,10H2. The number of aliphatic hydroxyl groups is 1. The van der Waals surface area contributed by atoms with E-state index < -0.39 is 12.1 Å². The van der Waals surface area contributed by atoms with Crippen LogP contribution in [0, 0.1) is 5.82 Å². The third kappa shape index (κ3) is 2.92. The van der Waals surface area contributed by atoms with Crippen LogP contribution in [0.2, 0.25) is 0 Å². The van der Waals surface area contributed by atoms with E-state index in [4.69, 9.17) is 9.47 Å². The minimum Gasteiger partial charge on any atom is -0.392 e. The molecule has 1 aliphatic rings. The molecule has 0 radical (unpaired) electrons. The highest BCUT2D eigenvalue weighted by Gasteiger charge is 2.21. The van der Waals surface area contributed by atoms with Gasteiger partial charge in [0, 0.05) is 16.7 Å². The lowest BCUT2D eigenvalue weighted by molar-refractivity contribution is -0.0442. The molecule has 2 aromatic carbocycles. The molecule has 2 aromatic rings. The Hall–Kier alpha value is -2.08. The van der Waals surface area contributed by atoms with Gasteiger partial charge in [-0.3, -0.25) is 4.79 Å². The number of halogens is 1. The first kappa shape index (κ1) is 14.8. The fraction of sp³-hybridized carbons (Fsp3) is 0.235. The second kappa shape index (κ2) is 6.36. The lowest BCUT2D eigenvalue weighted by Gasteiger charge is -2.13. The predicted molar refractivity (Wildman–Crippen MR) is 76.8 cm³/mol. The van der Waals surface area contributed by atoms with Gasteiger partial charge >= 0.3 is 0 Å². The van der Waals surface area contributed by atoms with Gasteiger partial charge in [0.05, 0.1) is 19.8 Å². The summed E-state index contributed by atoms with van der Waals surface area (Å²) in [7, 11) is 0. The maximum Gasteiger partial charge on any atom is 0.193 e. The number of benzene rings is 2. The molecule has 1 saturated heterocycles. The van der Waals surface area contributed by atoms with E-state index in [1.807, 2.05) is 0 Å². The van der Waals surface area contributed by atoms with E-state index >= 15 is 0 Å². The third-order valence-corrected chi connectivity index (χ3v) is 3.54. The summed E-state index contributed by atoms with van der Waals surface area (Å²) < 4.78 is 23.8. The Morgan fingerprint density at radius 1 is 1.14 bits per heavy atom. The van der Waals surface area contributed by atoms with Crippen molar-refractivity contribution in [2.45, 2.75) is 12.9 Å². The van der Waals surface area contributed by atoms with Crippen molar-refractivity contribution in [3.05, 3.63) is 70.5 Å². The Morgan fingerprint density at radius 2 is 1.82 bits per heavy atom. The number of aliphatic hydroxyl groups excluding tert-OH is 1. The van der Waals surface area contributed by atoms with Crippen molar-refractivity contribution in [2.24, 2.45) is 0 Å². The molecule has 0 amide bonds. The highest BCUT2D eigenvalue weighted by Crippen LogP contribution is 2.26. The summed E-state index contributed by atoms with van der Waals surface area (Å²) in [5.41, 5.74) is 2.01. The number of hydrogen-bond donors (Lipinski definition) is 1. The molecule has 0 saturated carbocycles. The van der Waals surface area contributed by atoms with Gasteiger partial charge in [-0.1, -0.05) is 12.1 Å². The van der Waals surface area contributed by atoms with Gasteiger partial charge in [0.1, 0.15) is 5.82 Å². The van der Waals surface area contributed by atoms with Crippen molar-refractivity contribution < 1.29 is 23.8 Å². The Bertz CT molecular complexity index is 676. The quantitative estimate of drug-likeness (QED) is 0.882. The van der Waals surface area contributed by atoms with Crippen LogP contribution < -0.4 is 0 Å². The summed E-state index contributed by atoms with van der Waals surface area (Å²) in [6.45, 7) is 0.771. The Kier molecular flexibility index (Phi) is 4.29. The Labute approximate surface area is 127 Å². The molecule has 0 aliphatic carbocycles. The van der Waals surface area contributed by atoms with Crippen LogP contribution in [0.5, 0.6) is 0 Å². The molecule has 1 heterocycles. The molecule has 22 heavy (non-hydrogen) atoms. The number of rotatable bonds is 4. The average Bonchev–Trinajstić information content (AvgIpc) is 3.09. The summed E-state index contributed by atoms with van der Waals surface area (Å²) in [5, 5.41) is 9.53. The summed E-state index contributed by atoms with van der Waals surface area (Å²) in [6.07, 6.45) is -0.458. The van der Waals surface area contributed by atoms with E-state index in [1.54, 1.807) is 18.2 Å². The smallest absolute Gasteiger partial charge is 0.193 e. The van der Waals surface area contributed by atoms with Crippen LogP contribution >= 0.6 is 0 Å². The monoisotopic (exact) mass is 302 g/mol. The number of hydrogen-bond acceptors (Lipinski definition) is 4. The molecule has 0 atom stereocenters. The molecular weight excluding hydrogens is 287 g/mol. The number of ketones is 1. The third-order valence-electron chi connectivity index (χ3n) is 3.54. The first-order chi connectivity index (χ1) is 10.7. The van der Waals surface area contributed by atoms with E-state index in [-0.39, 0.29) is 12.4 Å². The van der Waals surface area contributed by atoms with Crippen molar-refractivity contribution in [1.29, 1.82) is 0 Å². The SMILES string of the molecule is O=C(c1ccc(F)cc1)c1ccc(C2OCCO2)cc1CO. The van der Waals surface area contributed by atoms with Crippen molar-refractivity contribution in [3.63, 3.8) is 0 Å². The topological polar surface area (TPSA) is 55.8 Å². The first-order valence-electron chi connectivity index (χ1n) is 6.96. The van der Waals surface area contributed by atoms with Crippen LogP contribution in [0.4, 0.5) is 4.39 Å². The molecule has 0 bridgehead atoms. The number of carbonyl (C=O) groups is 1. The highest BCUT2D eigenvalue weighted by atomic mass is 19.1. The largest absolute Gasteiger partial charge is 0.392 e. The maximum absolute atomic E-state index is 12.9. The molecule has 114 valence electrons. The fourth-order valence-corrected chi connectivity index (χ4v) is 2.42. The molecular formula is C17H15FO4. The zero-order valence-corrected chi connectivity index (χ0v) is 11.8. The van der Waals surface area contributed by atoms with Gasteiger partial charge < -0.3 is 14.6 Å². The Balaban J connectivity index is 1.92. The van der Waals surface area contributed by atoms with Gasteiger partial charge in [-0.05, 0) is 35.9 Å². The molecule has 0 unspecified atom stereocenters. The van der Waals surface area contributed by atoms with Crippen LogP contribution in [-0.4, -0.2) is 24.1 Å². The van der Waals surface area contributed by atoms with Gasteiger partial charge in [0.15, 0.2) is 12.1 Å². The van der Waals surface area contributed by atoms with E-state index in [1.165, 1.54) is 24.3 Å². The number of carbonyl (C=O) groups excluding carboxylic acids is 1. The van der Waals surface area contributed by atoms with Gasteiger partial charge in [-0.25, -0.2) is 4.39 Å². The van der Waals surface area contributed by atoms with E-state index in [2.05, 4.69) is 0 Å². The van der Waals surface area contributed by atoms with E-state index in [9.17, 15) is 14.3 Å². The van der Waals surface area contributed by atoms with Crippen molar-refractivity contribution >= 4 is 5.78 Å². The predicted octanol–water partition coefficient (Wildman–Crippen LogP) is 2.59. The van der Waals surface area contributed by atoms with Crippen LogP contribution in [0.25, 0.3) is 0 Å². The number of ether oxygens (including phenoxy) is 2. The normalized spacial score (nSPS) is 15.2. The zero-order valence-electron chi connectivity index (χ0n) is 11.8. The summed E-state index contributed by atoms with van der Waals surface area (Å²) >= 11 is 0. The van der Waals surface area contributed by atoms with Crippen molar-refractivity contribution in [2.75, 3.05) is 13.2 Å². The Morgan fingerprint density at radius 3 is 2.45 bits per heavy atom. The van der Waals surface area contributed by atoms with Gasteiger partial charge in [-0.2, -0.15) is 0 Å². The maximum atomic E-state index is 12.9. The molecule has 5 heteroatoms. The van der Waals surface area contributed by atoms with Gasteiger partial charge in [-0.15, -0.1) is 0 Å². The molecule has 0 spiro atoms. The van der Waals surface area contributed by atoms with Gasteiger partial charge in [0.25, 0.3) is 0 Å². The molecule has 1 aliphatic heterocycles. The summed E-state index contributed by atoms with van der Waals surface area (Å²) in [4.78, 5) is 12.5. The second-order valence-corrected chi connectivity index (χ2v) is 4.98. The zero-order chi connectivity index (χ0) is 15.5.